The number of rotatable bonds is 7. The zero-order chi connectivity index (χ0) is 16.7. The molecule has 0 bridgehead atoms. The molecule has 1 amide bonds. The number of nitrogens with one attached hydrogen (secondary N) is 1. The molecule has 0 saturated carbocycles. The molecule has 0 aliphatic rings. The number of amides is 1. The average Bonchev–Trinajstić information content (AvgIpc) is 2.56. The lowest BCUT2D eigenvalue weighted by Gasteiger charge is -2.09. The van der Waals surface area contributed by atoms with Gasteiger partial charge in [-0.1, -0.05) is 30.3 Å². The third-order valence-electron chi connectivity index (χ3n) is 3.62. The van der Waals surface area contributed by atoms with Gasteiger partial charge in [0.1, 0.15) is 0 Å². The number of hydrogen-bond donors (Lipinski definition) is 2. The molecular formula is C18H19F2NO2. The molecule has 23 heavy (non-hydrogen) atoms. The van der Waals surface area contributed by atoms with Gasteiger partial charge in [-0.05, 0) is 41.7 Å². The van der Waals surface area contributed by atoms with Crippen molar-refractivity contribution in [2.24, 2.45) is 0 Å². The van der Waals surface area contributed by atoms with E-state index in [9.17, 15) is 18.7 Å². The van der Waals surface area contributed by atoms with Crippen LogP contribution in [-0.2, 0) is 24.4 Å². The Morgan fingerprint density at radius 3 is 2.48 bits per heavy atom. The maximum absolute atomic E-state index is 13.1. The van der Waals surface area contributed by atoms with E-state index in [-0.39, 0.29) is 12.5 Å². The van der Waals surface area contributed by atoms with Crippen LogP contribution in [0.2, 0.25) is 0 Å². The van der Waals surface area contributed by atoms with Crippen molar-refractivity contribution in [2.75, 3.05) is 0 Å². The van der Waals surface area contributed by atoms with Crippen molar-refractivity contribution in [3.63, 3.8) is 0 Å². The molecule has 2 rings (SSSR count). The third kappa shape index (κ3) is 5.14. The zero-order valence-corrected chi connectivity index (χ0v) is 12.7. The van der Waals surface area contributed by atoms with E-state index in [1.807, 2.05) is 24.3 Å². The van der Waals surface area contributed by atoms with E-state index in [1.165, 1.54) is 6.07 Å². The fourth-order valence-electron chi connectivity index (χ4n) is 2.31. The topological polar surface area (TPSA) is 49.3 Å². The van der Waals surface area contributed by atoms with Gasteiger partial charge in [0.25, 0.3) is 0 Å². The van der Waals surface area contributed by atoms with Crippen LogP contribution in [-0.4, -0.2) is 11.0 Å². The van der Waals surface area contributed by atoms with Crippen molar-refractivity contribution in [1.82, 2.24) is 5.32 Å². The van der Waals surface area contributed by atoms with Gasteiger partial charge in [-0.25, -0.2) is 8.78 Å². The van der Waals surface area contributed by atoms with E-state index >= 15 is 0 Å². The Bertz CT molecular complexity index is 674. The fraction of sp³-hybridized carbons (Fsp3) is 0.278. The summed E-state index contributed by atoms with van der Waals surface area (Å²) >= 11 is 0. The predicted octanol–water partition coefficient (Wildman–Crippen LogP) is 3.10. The summed E-state index contributed by atoms with van der Waals surface area (Å²) in [6, 6.07) is 11.1. The predicted molar refractivity (Wildman–Crippen MR) is 83.5 cm³/mol. The Labute approximate surface area is 134 Å². The summed E-state index contributed by atoms with van der Waals surface area (Å²) in [6.45, 7) is 0.295. The van der Waals surface area contributed by atoms with E-state index in [0.717, 1.165) is 23.3 Å². The minimum Gasteiger partial charge on any atom is -0.392 e. The quantitative estimate of drug-likeness (QED) is 0.824. The number of aliphatic hydroxyl groups excluding tert-OH is 1. The van der Waals surface area contributed by atoms with Gasteiger partial charge in [-0.2, -0.15) is 0 Å². The number of carbonyl (C=O) groups is 1. The van der Waals surface area contributed by atoms with Crippen LogP contribution >= 0.6 is 0 Å². The van der Waals surface area contributed by atoms with Gasteiger partial charge in [-0.15, -0.1) is 0 Å². The first-order valence-corrected chi connectivity index (χ1v) is 7.48. The molecule has 0 aliphatic heterocycles. The molecule has 2 aromatic carbocycles. The van der Waals surface area contributed by atoms with Crippen LogP contribution in [0.1, 0.15) is 29.5 Å². The second kappa shape index (κ2) is 8.39. The molecular weight excluding hydrogens is 300 g/mol. The molecule has 0 radical (unpaired) electrons. The number of halogens is 2. The van der Waals surface area contributed by atoms with E-state index < -0.39 is 11.6 Å². The lowest BCUT2D eigenvalue weighted by molar-refractivity contribution is -0.121. The fourth-order valence-corrected chi connectivity index (χ4v) is 2.31. The Balaban J connectivity index is 1.76. The number of aryl methyl sites for hydroxylation is 1. The average molecular weight is 319 g/mol. The second-order valence-electron chi connectivity index (χ2n) is 5.31. The lowest BCUT2D eigenvalue weighted by Crippen LogP contribution is -2.23. The third-order valence-corrected chi connectivity index (χ3v) is 3.62. The summed E-state index contributed by atoms with van der Waals surface area (Å²) < 4.78 is 25.9. The minimum absolute atomic E-state index is 0.0673. The van der Waals surface area contributed by atoms with Gasteiger partial charge in [0.15, 0.2) is 11.6 Å². The molecule has 3 nitrogen and oxygen atoms in total. The van der Waals surface area contributed by atoms with Crippen molar-refractivity contribution >= 4 is 5.91 Å². The van der Waals surface area contributed by atoms with Crippen LogP contribution < -0.4 is 5.32 Å². The summed E-state index contributed by atoms with van der Waals surface area (Å²) in [5.41, 5.74) is 2.33. The Morgan fingerprint density at radius 1 is 1.04 bits per heavy atom. The van der Waals surface area contributed by atoms with Gasteiger partial charge in [0, 0.05) is 13.0 Å². The van der Waals surface area contributed by atoms with Gasteiger partial charge in [0.05, 0.1) is 6.61 Å². The van der Waals surface area contributed by atoms with Gasteiger partial charge < -0.3 is 10.4 Å². The highest BCUT2D eigenvalue weighted by molar-refractivity contribution is 5.75. The highest BCUT2D eigenvalue weighted by atomic mass is 19.2. The number of benzene rings is 2. The van der Waals surface area contributed by atoms with Crippen LogP contribution in [0, 0.1) is 11.6 Å². The van der Waals surface area contributed by atoms with Crippen molar-refractivity contribution in [2.45, 2.75) is 32.4 Å². The van der Waals surface area contributed by atoms with Crippen LogP contribution in [0.25, 0.3) is 0 Å². The van der Waals surface area contributed by atoms with E-state index in [1.54, 1.807) is 0 Å². The van der Waals surface area contributed by atoms with E-state index in [2.05, 4.69) is 5.32 Å². The molecule has 0 aliphatic carbocycles. The zero-order valence-electron chi connectivity index (χ0n) is 12.7. The normalized spacial score (nSPS) is 10.6. The maximum Gasteiger partial charge on any atom is 0.220 e. The van der Waals surface area contributed by atoms with Crippen molar-refractivity contribution in [1.29, 1.82) is 0 Å². The molecule has 0 heterocycles. The molecule has 122 valence electrons. The standard InChI is InChI=1S/C18H19F2NO2/c19-16-9-8-13(10-17(16)20)4-3-7-18(23)21-11-14-5-1-2-6-15(14)12-22/h1-2,5-6,8-10,22H,3-4,7,11-12H2,(H,21,23). The molecule has 0 saturated heterocycles. The van der Waals surface area contributed by atoms with Crippen LogP contribution in [0.5, 0.6) is 0 Å². The van der Waals surface area contributed by atoms with Crippen LogP contribution in [0.3, 0.4) is 0 Å². The SMILES string of the molecule is O=C(CCCc1ccc(F)c(F)c1)NCc1ccccc1CO. The highest BCUT2D eigenvalue weighted by Crippen LogP contribution is 2.12. The number of carbonyl (C=O) groups excluding carboxylic acids is 1. The molecule has 2 N–H and O–H groups in total. The largest absolute Gasteiger partial charge is 0.392 e. The highest BCUT2D eigenvalue weighted by Gasteiger charge is 2.06. The first kappa shape index (κ1) is 17.1. The molecule has 0 atom stereocenters. The monoisotopic (exact) mass is 319 g/mol. The second-order valence-corrected chi connectivity index (χ2v) is 5.31. The molecule has 2 aromatic rings. The summed E-state index contributed by atoms with van der Waals surface area (Å²) in [5.74, 6) is -1.85. The smallest absolute Gasteiger partial charge is 0.220 e. The van der Waals surface area contributed by atoms with Gasteiger partial charge in [-0.3, -0.25) is 4.79 Å². The number of aliphatic hydroxyl groups is 1. The Morgan fingerprint density at radius 2 is 1.78 bits per heavy atom. The van der Waals surface area contributed by atoms with Crippen molar-refractivity contribution in [3.8, 4) is 0 Å². The molecule has 0 unspecified atom stereocenters. The summed E-state index contributed by atoms with van der Waals surface area (Å²) in [6.07, 6.45) is 1.37. The van der Waals surface area contributed by atoms with Crippen LogP contribution in [0.15, 0.2) is 42.5 Å². The summed E-state index contributed by atoms with van der Waals surface area (Å²) in [4.78, 5) is 11.8. The van der Waals surface area contributed by atoms with Crippen LogP contribution in [0.4, 0.5) is 8.78 Å². The molecule has 0 spiro atoms. The van der Waals surface area contributed by atoms with Gasteiger partial charge in [0.2, 0.25) is 5.91 Å². The van der Waals surface area contributed by atoms with E-state index in [4.69, 9.17) is 0 Å². The molecule has 5 heteroatoms. The first-order chi connectivity index (χ1) is 11.1. The summed E-state index contributed by atoms with van der Waals surface area (Å²) in [5, 5.41) is 12.0. The van der Waals surface area contributed by atoms with Crippen molar-refractivity contribution < 1.29 is 18.7 Å². The molecule has 0 aromatic heterocycles. The first-order valence-electron chi connectivity index (χ1n) is 7.48. The molecule has 0 fully saturated rings. The summed E-state index contributed by atoms with van der Waals surface area (Å²) in [7, 11) is 0. The maximum atomic E-state index is 13.1. The van der Waals surface area contributed by atoms with Gasteiger partial charge >= 0.3 is 0 Å². The minimum atomic E-state index is -0.868. The number of hydrogen-bond acceptors (Lipinski definition) is 2. The lowest BCUT2D eigenvalue weighted by atomic mass is 10.1. The Kier molecular flexibility index (Phi) is 6.23. The van der Waals surface area contributed by atoms with E-state index in [0.29, 0.717) is 31.4 Å². The Hall–Kier alpha value is -2.27. The van der Waals surface area contributed by atoms with Crippen molar-refractivity contribution in [3.05, 3.63) is 70.8 Å².